The second-order valence-corrected chi connectivity index (χ2v) is 8.28. The quantitative estimate of drug-likeness (QED) is 0.866. The molecule has 0 bridgehead atoms. The number of halogens is 1. The number of methoxy groups -OCH3 is 1. The molecular weight excluding hydrogens is 371 g/mol. The summed E-state index contributed by atoms with van der Waals surface area (Å²) >= 11 is 0. The van der Waals surface area contributed by atoms with Crippen LogP contribution in [0.15, 0.2) is 41.3 Å². The molecule has 1 heterocycles. The maximum absolute atomic E-state index is 13.5. The lowest BCUT2D eigenvalue weighted by Gasteiger charge is -2.35. The molecule has 1 aliphatic rings. The van der Waals surface area contributed by atoms with Gasteiger partial charge in [-0.05, 0) is 54.8 Å². The van der Waals surface area contributed by atoms with Crippen molar-refractivity contribution in [1.29, 1.82) is 0 Å². The highest BCUT2D eigenvalue weighted by Crippen LogP contribution is 2.34. The van der Waals surface area contributed by atoms with Crippen LogP contribution in [0.4, 0.5) is 4.39 Å². The molecule has 1 N–H and O–H groups in total. The van der Waals surface area contributed by atoms with Crippen molar-refractivity contribution >= 4 is 15.9 Å². The lowest BCUT2D eigenvalue weighted by atomic mass is 10.0. The van der Waals surface area contributed by atoms with E-state index in [1.807, 2.05) is 0 Å². The van der Waals surface area contributed by atoms with E-state index in [0.717, 1.165) is 0 Å². The number of carbonyl (C=O) groups excluding carboxylic acids is 1. The summed E-state index contributed by atoms with van der Waals surface area (Å²) in [5.41, 5.74) is 1.49. The molecule has 1 atom stereocenters. The zero-order chi connectivity index (χ0) is 19.8. The number of amides is 1. The van der Waals surface area contributed by atoms with Crippen molar-refractivity contribution in [3.8, 4) is 5.75 Å². The maximum atomic E-state index is 13.5. The van der Waals surface area contributed by atoms with Crippen LogP contribution in [-0.2, 0) is 14.8 Å². The molecule has 0 radical (unpaired) electrons. The first-order valence-corrected chi connectivity index (χ1v) is 9.90. The van der Waals surface area contributed by atoms with Crippen LogP contribution in [0.3, 0.4) is 0 Å². The summed E-state index contributed by atoms with van der Waals surface area (Å²) in [6.07, 6.45) is 0. The number of hydrogen-bond acceptors (Lipinski definition) is 4. The van der Waals surface area contributed by atoms with E-state index in [1.165, 1.54) is 35.7 Å². The predicted molar refractivity (Wildman–Crippen MR) is 98.5 cm³/mol. The van der Waals surface area contributed by atoms with Crippen molar-refractivity contribution in [2.75, 3.05) is 20.2 Å². The van der Waals surface area contributed by atoms with E-state index in [0.29, 0.717) is 22.4 Å². The fourth-order valence-electron chi connectivity index (χ4n) is 3.42. The van der Waals surface area contributed by atoms with Crippen molar-refractivity contribution in [3.05, 3.63) is 58.9 Å². The molecule has 27 heavy (non-hydrogen) atoms. The fraction of sp³-hybridized carbons (Fsp3) is 0.316. The molecule has 144 valence electrons. The van der Waals surface area contributed by atoms with Crippen molar-refractivity contribution < 1.29 is 22.3 Å². The summed E-state index contributed by atoms with van der Waals surface area (Å²) < 4.78 is 46.6. The largest absolute Gasteiger partial charge is 0.497 e. The minimum Gasteiger partial charge on any atom is -0.497 e. The van der Waals surface area contributed by atoms with Crippen LogP contribution in [0.2, 0.25) is 0 Å². The molecule has 2 aromatic rings. The van der Waals surface area contributed by atoms with Crippen LogP contribution in [0.25, 0.3) is 0 Å². The van der Waals surface area contributed by atoms with E-state index >= 15 is 0 Å². The molecule has 1 amide bonds. The second kappa shape index (κ2) is 7.28. The van der Waals surface area contributed by atoms with E-state index in [9.17, 15) is 17.6 Å². The summed E-state index contributed by atoms with van der Waals surface area (Å²) in [5, 5.41) is 2.69. The van der Waals surface area contributed by atoms with Gasteiger partial charge < -0.3 is 10.1 Å². The smallest absolute Gasteiger partial charge is 0.244 e. The van der Waals surface area contributed by atoms with Gasteiger partial charge in [-0.1, -0.05) is 12.1 Å². The monoisotopic (exact) mass is 392 g/mol. The number of carbonyl (C=O) groups is 1. The Hall–Kier alpha value is -2.45. The number of rotatable bonds is 4. The van der Waals surface area contributed by atoms with Gasteiger partial charge in [-0.2, -0.15) is 4.31 Å². The first kappa shape index (κ1) is 19.3. The maximum Gasteiger partial charge on any atom is 0.244 e. The van der Waals surface area contributed by atoms with Crippen molar-refractivity contribution in [1.82, 2.24) is 9.62 Å². The van der Waals surface area contributed by atoms with Crippen LogP contribution in [0, 0.1) is 19.7 Å². The van der Waals surface area contributed by atoms with Gasteiger partial charge in [0.2, 0.25) is 15.9 Å². The van der Waals surface area contributed by atoms with Gasteiger partial charge in [0.1, 0.15) is 17.6 Å². The van der Waals surface area contributed by atoms with E-state index in [1.54, 1.807) is 26.0 Å². The van der Waals surface area contributed by atoms with Gasteiger partial charge in [-0.25, -0.2) is 12.8 Å². The third kappa shape index (κ3) is 3.54. The third-order valence-electron chi connectivity index (χ3n) is 4.59. The Balaban J connectivity index is 2.11. The zero-order valence-electron chi connectivity index (χ0n) is 15.3. The molecule has 2 aromatic carbocycles. The molecular formula is C19H21FN2O4S. The van der Waals surface area contributed by atoms with Gasteiger partial charge >= 0.3 is 0 Å². The summed E-state index contributed by atoms with van der Waals surface area (Å²) in [7, 11) is -2.45. The number of ether oxygens (including phenoxy) is 1. The van der Waals surface area contributed by atoms with Crippen molar-refractivity contribution in [2.24, 2.45) is 0 Å². The Morgan fingerprint density at radius 1 is 1.15 bits per heavy atom. The van der Waals surface area contributed by atoms with E-state index in [4.69, 9.17) is 4.74 Å². The third-order valence-corrected chi connectivity index (χ3v) is 6.76. The molecule has 0 saturated carbocycles. The number of piperazine rings is 1. The number of aryl methyl sites for hydroxylation is 2. The molecule has 1 saturated heterocycles. The van der Waals surface area contributed by atoms with Gasteiger partial charge in [-0.3, -0.25) is 4.79 Å². The zero-order valence-corrected chi connectivity index (χ0v) is 16.1. The molecule has 1 aliphatic heterocycles. The number of sulfonamides is 1. The van der Waals surface area contributed by atoms with Crippen LogP contribution >= 0.6 is 0 Å². The van der Waals surface area contributed by atoms with Crippen molar-refractivity contribution in [2.45, 2.75) is 24.8 Å². The molecule has 1 unspecified atom stereocenters. The fourth-order valence-corrected chi connectivity index (χ4v) is 5.41. The Morgan fingerprint density at radius 2 is 1.74 bits per heavy atom. The van der Waals surface area contributed by atoms with Crippen LogP contribution < -0.4 is 10.1 Å². The lowest BCUT2D eigenvalue weighted by molar-refractivity contribution is -0.126. The molecule has 0 aromatic heterocycles. The van der Waals surface area contributed by atoms with Gasteiger partial charge in [0.05, 0.1) is 12.0 Å². The second-order valence-electron chi connectivity index (χ2n) is 6.45. The molecule has 0 aliphatic carbocycles. The summed E-state index contributed by atoms with van der Waals surface area (Å²) in [4.78, 5) is 12.7. The standard InChI is InChI=1S/C19H21FN2O4S/c1-12-10-16(26-3)11-13(2)18(12)27(24,25)22-9-8-21-19(23)17(22)14-4-6-15(20)7-5-14/h4-7,10-11,17H,8-9H2,1-3H3,(H,21,23). The van der Waals surface area contributed by atoms with Gasteiger partial charge in [0.15, 0.2) is 0 Å². The van der Waals surface area contributed by atoms with Crippen LogP contribution in [-0.4, -0.2) is 38.8 Å². The van der Waals surface area contributed by atoms with Gasteiger partial charge in [0.25, 0.3) is 0 Å². The molecule has 8 heteroatoms. The SMILES string of the molecule is COc1cc(C)c(S(=O)(=O)N2CCNC(=O)C2c2ccc(F)cc2)c(C)c1. The molecule has 6 nitrogen and oxygen atoms in total. The summed E-state index contributed by atoms with van der Waals surface area (Å²) in [6, 6.07) is 7.54. The number of nitrogens with one attached hydrogen (secondary N) is 1. The number of hydrogen-bond donors (Lipinski definition) is 1. The van der Waals surface area contributed by atoms with Crippen molar-refractivity contribution in [3.63, 3.8) is 0 Å². The highest BCUT2D eigenvalue weighted by atomic mass is 32.2. The predicted octanol–water partition coefficient (Wildman–Crippen LogP) is 2.31. The highest BCUT2D eigenvalue weighted by Gasteiger charge is 2.40. The highest BCUT2D eigenvalue weighted by molar-refractivity contribution is 7.89. The number of benzene rings is 2. The lowest BCUT2D eigenvalue weighted by Crippen LogP contribution is -2.52. The molecule has 0 spiro atoms. The molecule has 3 rings (SSSR count). The van der Waals surface area contributed by atoms with Crippen LogP contribution in [0.5, 0.6) is 5.75 Å². The first-order chi connectivity index (χ1) is 12.8. The van der Waals surface area contributed by atoms with Crippen LogP contribution in [0.1, 0.15) is 22.7 Å². The molecule has 1 fully saturated rings. The topological polar surface area (TPSA) is 75.7 Å². The van der Waals surface area contributed by atoms with E-state index in [-0.39, 0.29) is 18.0 Å². The average molecular weight is 392 g/mol. The average Bonchev–Trinajstić information content (AvgIpc) is 2.61. The number of nitrogens with zero attached hydrogens (tertiary/aromatic N) is 1. The summed E-state index contributed by atoms with van der Waals surface area (Å²) in [6.45, 7) is 3.73. The van der Waals surface area contributed by atoms with E-state index in [2.05, 4.69) is 5.32 Å². The normalized spacial score (nSPS) is 18.2. The minimum atomic E-state index is -3.97. The Kier molecular flexibility index (Phi) is 5.21. The first-order valence-electron chi connectivity index (χ1n) is 8.46. The Morgan fingerprint density at radius 3 is 2.30 bits per heavy atom. The Labute approximate surface area is 158 Å². The summed E-state index contributed by atoms with van der Waals surface area (Å²) in [5.74, 6) is -0.318. The Bertz CT molecular complexity index is 951. The van der Waals surface area contributed by atoms with Gasteiger partial charge in [0, 0.05) is 13.1 Å². The minimum absolute atomic E-state index is 0.126. The van der Waals surface area contributed by atoms with Gasteiger partial charge in [-0.15, -0.1) is 0 Å². The van der Waals surface area contributed by atoms with E-state index < -0.39 is 27.8 Å².